The Morgan fingerprint density at radius 2 is 1.81 bits per heavy atom. The van der Waals surface area contributed by atoms with Gasteiger partial charge in [-0.15, -0.1) is 0 Å². The van der Waals surface area contributed by atoms with Crippen LogP contribution in [0.2, 0.25) is 5.02 Å². The molecule has 3 rings (SSSR count). The molecule has 2 amide bonds. The van der Waals surface area contributed by atoms with Crippen molar-refractivity contribution in [2.75, 3.05) is 13.3 Å². The van der Waals surface area contributed by atoms with Crippen LogP contribution in [0, 0.1) is 0 Å². The second kappa shape index (κ2) is 8.75. The van der Waals surface area contributed by atoms with E-state index in [1.165, 1.54) is 0 Å². The molecule has 0 fully saturated rings. The molecule has 0 saturated heterocycles. The second-order valence-electron chi connectivity index (χ2n) is 5.95. The van der Waals surface area contributed by atoms with Crippen LogP contribution in [0.3, 0.4) is 0 Å². The molecule has 0 saturated carbocycles. The van der Waals surface area contributed by atoms with Gasteiger partial charge in [0.1, 0.15) is 0 Å². The van der Waals surface area contributed by atoms with E-state index in [1.54, 1.807) is 42.5 Å². The van der Waals surface area contributed by atoms with E-state index in [0.29, 0.717) is 22.1 Å². The fourth-order valence-electron chi connectivity index (χ4n) is 2.59. The Hall–Kier alpha value is -2.77. The quantitative estimate of drug-likeness (QED) is 0.655. The first-order valence-electron chi connectivity index (χ1n) is 8.41. The third kappa shape index (κ3) is 4.90. The van der Waals surface area contributed by atoms with Crippen molar-refractivity contribution in [2.24, 2.45) is 0 Å². The Morgan fingerprint density at radius 1 is 1.07 bits per heavy atom. The molecule has 7 nitrogen and oxygen atoms in total. The van der Waals surface area contributed by atoms with E-state index in [9.17, 15) is 14.7 Å². The van der Waals surface area contributed by atoms with Crippen molar-refractivity contribution in [3.8, 4) is 11.5 Å². The molecular weight excluding hydrogens is 372 g/mol. The first-order valence-corrected chi connectivity index (χ1v) is 8.79. The minimum absolute atomic E-state index is 0.147. The number of hydrogen-bond donors (Lipinski definition) is 3. The predicted molar refractivity (Wildman–Crippen MR) is 98.5 cm³/mol. The van der Waals surface area contributed by atoms with Crippen LogP contribution >= 0.6 is 11.6 Å². The Bertz CT molecular complexity index is 843. The molecule has 3 N–H and O–H groups in total. The maximum absolute atomic E-state index is 11.8. The number of amides is 2. The summed E-state index contributed by atoms with van der Waals surface area (Å²) in [5.41, 5.74) is 1.37. The number of benzene rings is 2. The number of carbonyl (C=O) groups excluding carboxylic acids is 2. The van der Waals surface area contributed by atoms with Crippen LogP contribution in [-0.2, 0) is 16.1 Å². The van der Waals surface area contributed by atoms with Crippen molar-refractivity contribution >= 4 is 23.4 Å². The molecule has 2 aromatic carbocycles. The number of carbonyl (C=O) groups is 2. The molecule has 0 aliphatic carbocycles. The molecule has 1 aliphatic rings. The van der Waals surface area contributed by atoms with Crippen LogP contribution < -0.4 is 20.1 Å². The van der Waals surface area contributed by atoms with Crippen molar-refractivity contribution in [3.63, 3.8) is 0 Å². The van der Waals surface area contributed by atoms with Gasteiger partial charge >= 0.3 is 11.8 Å². The molecule has 1 aliphatic heterocycles. The molecule has 2 aromatic rings. The highest BCUT2D eigenvalue weighted by Gasteiger charge is 2.18. The normalized spacial score (nSPS) is 13.1. The molecule has 8 heteroatoms. The summed E-state index contributed by atoms with van der Waals surface area (Å²) in [6.45, 7) is 0.466. The van der Waals surface area contributed by atoms with Crippen molar-refractivity contribution < 1.29 is 24.2 Å². The summed E-state index contributed by atoms with van der Waals surface area (Å²) in [7, 11) is 0. The monoisotopic (exact) mass is 390 g/mol. The third-order valence-corrected chi connectivity index (χ3v) is 4.46. The van der Waals surface area contributed by atoms with Crippen LogP contribution in [0.1, 0.15) is 23.7 Å². The highest BCUT2D eigenvalue weighted by atomic mass is 35.5. The number of aliphatic hydroxyl groups is 1. The van der Waals surface area contributed by atoms with Crippen LogP contribution in [-0.4, -0.2) is 30.3 Å². The Kier molecular flexibility index (Phi) is 6.16. The molecule has 0 radical (unpaired) electrons. The van der Waals surface area contributed by atoms with Crippen molar-refractivity contribution in [1.29, 1.82) is 0 Å². The van der Waals surface area contributed by atoms with E-state index in [0.717, 1.165) is 5.56 Å². The number of ether oxygens (including phenoxy) is 2. The number of hydrogen-bond acceptors (Lipinski definition) is 5. The zero-order valence-electron chi connectivity index (χ0n) is 14.4. The van der Waals surface area contributed by atoms with Gasteiger partial charge in [0, 0.05) is 18.1 Å². The van der Waals surface area contributed by atoms with Gasteiger partial charge in [-0.05, 0) is 35.7 Å². The zero-order valence-corrected chi connectivity index (χ0v) is 15.2. The summed E-state index contributed by atoms with van der Waals surface area (Å²) in [6.07, 6.45) is -0.547. The molecule has 0 spiro atoms. The third-order valence-electron chi connectivity index (χ3n) is 4.09. The Morgan fingerprint density at radius 3 is 2.63 bits per heavy atom. The number of fused-ring (bicyclic) bond motifs is 1. The summed E-state index contributed by atoms with van der Waals surface area (Å²) >= 11 is 6.00. The largest absolute Gasteiger partial charge is 0.454 e. The van der Waals surface area contributed by atoms with E-state index in [-0.39, 0.29) is 26.3 Å². The number of nitrogens with one attached hydrogen (secondary N) is 2. The topological polar surface area (TPSA) is 96.9 Å². The van der Waals surface area contributed by atoms with Crippen LogP contribution in [0.4, 0.5) is 0 Å². The van der Waals surface area contributed by atoms with Crippen LogP contribution in [0.25, 0.3) is 0 Å². The highest BCUT2D eigenvalue weighted by Crippen LogP contribution is 2.34. The second-order valence-corrected chi connectivity index (χ2v) is 6.35. The average molecular weight is 391 g/mol. The smallest absolute Gasteiger partial charge is 0.309 e. The van der Waals surface area contributed by atoms with E-state index < -0.39 is 17.9 Å². The van der Waals surface area contributed by atoms with Gasteiger partial charge in [0.2, 0.25) is 6.79 Å². The summed E-state index contributed by atoms with van der Waals surface area (Å²) in [6, 6.07) is 12.2. The minimum Gasteiger partial charge on any atom is -0.454 e. The summed E-state index contributed by atoms with van der Waals surface area (Å²) in [4.78, 5) is 23.7. The molecule has 0 bridgehead atoms. The van der Waals surface area contributed by atoms with Gasteiger partial charge in [0.15, 0.2) is 11.5 Å². The molecule has 142 valence electrons. The SMILES string of the molecule is O=C(NCCC(O)c1ccc2c(c1)OCO2)C(=O)NCc1ccccc1Cl. The summed E-state index contributed by atoms with van der Waals surface area (Å²) < 4.78 is 10.5. The average Bonchev–Trinajstić information content (AvgIpc) is 3.14. The molecule has 1 unspecified atom stereocenters. The molecular formula is C19H19ClN2O5. The number of aliphatic hydroxyl groups excluding tert-OH is 1. The lowest BCUT2D eigenvalue weighted by Gasteiger charge is -2.12. The lowest BCUT2D eigenvalue weighted by Crippen LogP contribution is -2.40. The lowest BCUT2D eigenvalue weighted by atomic mass is 10.1. The van der Waals surface area contributed by atoms with E-state index in [1.807, 2.05) is 0 Å². The van der Waals surface area contributed by atoms with E-state index in [2.05, 4.69) is 10.6 Å². The first kappa shape index (κ1) is 19.0. The Labute approximate surface area is 161 Å². The van der Waals surface area contributed by atoms with Crippen molar-refractivity contribution in [2.45, 2.75) is 19.1 Å². The summed E-state index contributed by atoms with van der Waals surface area (Å²) in [5, 5.41) is 15.7. The minimum atomic E-state index is -0.800. The fourth-order valence-corrected chi connectivity index (χ4v) is 2.79. The molecule has 0 aromatic heterocycles. The van der Waals surface area contributed by atoms with Gasteiger partial charge in [0.25, 0.3) is 0 Å². The van der Waals surface area contributed by atoms with E-state index in [4.69, 9.17) is 21.1 Å². The molecule has 1 atom stereocenters. The van der Waals surface area contributed by atoms with Gasteiger partial charge in [-0.3, -0.25) is 9.59 Å². The van der Waals surface area contributed by atoms with Crippen LogP contribution in [0.5, 0.6) is 11.5 Å². The maximum atomic E-state index is 11.8. The highest BCUT2D eigenvalue weighted by molar-refractivity contribution is 6.35. The van der Waals surface area contributed by atoms with Gasteiger partial charge in [-0.2, -0.15) is 0 Å². The molecule has 27 heavy (non-hydrogen) atoms. The van der Waals surface area contributed by atoms with Crippen molar-refractivity contribution in [3.05, 3.63) is 58.6 Å². The summed E-state index contributed by atoms with van der Waals surface area (Å²) in [5.74, 6) is -0.309. The van der Waals surface area contributed by atoms with Gasteiger partial charge in [-0.1, -0.05) is 35.9 Å². The van der Waals surface area contributed by atoms with Gasteiger partial charge in [0.05, 0.1) is 6.10 Å². The maximum Gasteiger partial charge on any atom is 0.309 e. The number of rotatable bonds is 6. The predicted octanol–water partition coefficient (Wildman–Crippen LogP) is 1.92. The zero-order chi connectivity index (χ0) is 19.2. The van der Waals surface area contributed by atoms with E-state index >= 15 is 0 Å². The van der Waals surface area contributed by atoms with Crippen LogP contribution in [0.15, 0.2) is 42.5 Å². The number of halogens is 1. The molecule has 1 heterocycles. The van der Waals surface area contributed by atoms with Crippen molar-refractivity contribution in [1.82, 2.24) is 10.6 Å². The fraction of sp³-hybridized carbons (Fsp3) is 0.263. The van der Waals surface area contributed by atoms with Gasteiger partial charge in [-0.25, -0.2) is 0 Å². The lowest BCUT2D eigenvalue weighted by molar-refractivity contribution is -0.139. The van der Waals surface area contributed by atoms with Gasteiger partial charge < -0.3 is 25.2 Å². The first-order chi connectivity index (χ1) is 13.0. The Balaban J connectivity index is 1.42. The standard InChI is InChI=1S/C19H19ClN2O5/c20-14-4-2-1-3-13(14)10-22-19(25)18(24)21-8-7-15(23)12-5-6-16-17(9-12)27-11-26-16/h1-6,9,15,23H,7-8,10-11H2,(H,21,24)(H,22,25).